The molecule has 0 fully saturated rings. The summed E-state index contributed by atoms with van der Waals surface area (Å²) in [5, 5.41) is 14.7. The average Bonchev–Trinajstić information content (AvgIpc) is 2.89. The molecule has 3 nitrogen and oxygen atoms in total. The molecular formula is C14H13N3S. The largest absolute Gasteiger partial charge is 0.376 e. The molecule has 0 amide bonds. The van der Waals surface area contributed by atoms with Gasteiger partial charge in [0.2, 0.25) is 0 Å². The summed E-state index contributed by atoms with van der Waals surface area (Å²) in [6.45, 7) is 0. The van der Waals surface area contributed by atoms with Crippen LogP contribution in [-0.2, 0) is 6.42 Å². The number of rotatable bonds is 2. The SMILES string of the molecule is N#Cc1ccncc1NC1CCCc2sccc21. The van der Waals surface area contributed by atoms with E-state index in [-0.39, 0.29) is 0 Å². The molecule has 0 spiro atoms. The molecule has 0 radical (unpaired) electrons. The molecule has 3 rings (SSSR count). The fourth-order valence-electron chi connectivity index (χ4n) is 2.43. The van der Waals surface area contributed by atoms with Gasteiger partial charge in [0.05, 0.1) is 23.5 Å². The minimum atomic E-state index is 0.316. The first-order chi connectivity index (χ1) is 8.88. The summed E-state index contributed by atoms with van der Waals surface area (Å²) in [5.74, 6) is 0. The van der Waals surface area contributed by atoms with E-state index < -0.39 is 0 Å². The van der Waals surface area contributed by atoms with Crippen LogP contribution in [0.5, 0.6) is 0 Å². The number of aryl methyl sites for hydroxylation is 1. The number of hydrogen-bond acceptors (Lipinski definition) is 4. The van der Waals surface area contributed by atoms with Crippen LogP contribution in [0.4, 0.5) is 5.69 Å². The first-order valence-electron chi connectivity index (χ1n) is 6.05. The highest BCUT2D eigenvalue weighted by Gasteiger charge is 2.21. The van der Waals surface area contributed by atoms with Crippen molar-refractivity contribution in [1.82, 2.24) is 4.98 Å². The molecular weight excluding hydrogens is 242 g/mol. The molecule has 0 aliphatic heterocycles. The van der Waals surface area contributed by atoms with Crippen LogP contribution >= 0.6 is 11.3 Å². The molecule has 18 heavy (non-hydrogen) atoms. The van der Waals surface area contributed by atoms with Crippen LogP contribution in [0.25, 0.3) is 0 Å². The zero-order chi connectivity index (χ0) is 12.4. The van der Waals surface area contributed by atoms with Gasteiger partial charge in [-0.15, -0.1) is 11.3 Å². The van der Waals surface area contributed by atoms with Crippen molar-refractivity contribution in [2.75, 3.05) is 5.32 Å². The Kier molecular flexibility index (Phi) is 2.99. The van der Waals surface area contributed by atoms with E-state index in [0.29, 0.717) is 11.6 Å². The molecule has 4 heteroatoms. The zero-order valence-corrected chi connectivity index (χ0v) is 10.7. The first kappa shape index (κ1) is 11.2. The van der Waals surface area contributed by atoms with E-state index in [0.717, 1.165) is 12.1 Å². The molecule has 1 aliphatic carbocycles. The third kappa shape index (κ3) is 1.98. The molecule has 1 N–H and O–H groups in total. The van der Waals surface area contributed by atoms with E-state index >= 15 is 0 Å². The van der Waals surface area contributed by atoms with Crippen molar-refractivity contribution in [3.8, 4) is 6.07 Å². The maximum atomic E-state index is 9.09. The summed E-state index contributed by atoms with van der Waals surface area (Å²) >= 11 is 1.83. The highest BCUT2D eigenvalue weighted by atomic mass is 32.1. The summed E-state index contributed by atoms with van der Waals surface area (Å²) in [5.41, 5.74) is 2.88. The lowest BCUT2D eigenvalue weighted by atomic mass is 9.94. The van der Waals surface area contributed by atoms with Gasteiger partial charge in [-0.05, 0) is 42.3 Å². The van der Waals surface area contributed by atoms with E-state index in [1.54, 1.807) is 18.5 Å². The van der Waals surface area contributed by atoms with E-state index in [2.05, 4.69) is 27.8 Å². The van der Waals surface area contributed by atoms with Crippen LogP contribution in [-0.4, -0.2) is 4.98 Å². The van der Waals surface area contributed by atoms with Gasteiger partial charge >= 0.3 is 0 Å². The molecule has 1 unspecified atom stereocenters. The van der Waals surface area contributed by atoms with E-state index in [9.17, 15) is 0 Å². The Labute approximate surface area is 110 Å². The standard InChI is InChI=1S/C14H13N3S/c15-8-10-4-6-16-9-13(10)17-12-2-1-3-14-11(12)5-7-18-14/h4-7,9,12,17H,1-3H2. The molecule has 1 aliphatic rings. The maximum Gasteiger partial charge on any atom is 0.101 e. The van der Waals surface area contributed by atoms with Crippen molar-refractivity contribution in [2.24, 2.45) is 0 Å². The highest BCUT2D eigenvalue weighted by Crippen LogP contribution is 2.35. The van der Waals surface area contributed by atoms with Gasteiger partial charge in [-0.2, -0.15) is 5.26 Å². The van der Waals surface area contributed by atoms with Crippen molar-refractivity contribution >= 4 is 17.0 Å². The number of pyridine rings is 1. The second kappa shape index (κ2) is 4.79. The van der Waals surface area contributed by atoms with Crippen molar-refractivity contribution in [2.45, 2.75) is 25.3 Å². The van der Waals surface area contributed by atoms with Gasteiger partial charge in [-0.3, -0.25) is 4.98 Å². The van der Waals surface area contributed by atoms with E-state index in [1.807, 2.05) is 11.3 Å². The van der Waals surface area contributed by atoms with Gasteiger partial charge in [0.15, 0.2) is 0 Å². The Bertz CT molecular complexity index is 597. The summed E-state index contributed by atoms with van der Waals surface area (Å²) in [4.78, 5) is 5.56. The Morgan fingerprint density at radius 3 is 3.28 bits per heavy atom. The zero-order valence-electron chi connectivity index (χ0n) is 9.89. The van der Waals surface area contributed by atoms with Gasteiger partial charge < -0.3 is 5.32 Å². The third-order valence-corrected chi connectivity index (χ3v) is 4.32. The van der Waals surface area contributed by atoms with Gasteiger partial charge in [0, 0.05) is 11.1 Å². The number of thiophene rings is 1. The molecule has 0 bridgehead atoms. The predicted octanol–water partition coefficient (Wildman–Crippen LogP) is 3.50. The summed E-state index contributed by atoms with van der Waals surface area (Å²) < 4.78 is 0. The van der Waals surface area contributed by atoms with Crippen molar-refractivity contribution in [3.63, 3.8) is 0 Å². The molecule has 1 atom stereocenters. The Balaban J connectivity index is 1.89. The number of anilines is 1. The quantitative estimate of drug-likeness (QED) is 0.893. The van der Waals surface area contributed by atoms with Crippen molar-refractivity contribution in [3.05, 3.63) is 45.9 Å². The van der Waals surface area contributed by atoms with Gasteiger partial charge in [0.25, 0.3) is 0 Å². The number of nitrogens with zero attached hydrogens (tertiary/aromatic N) is 2. The van der Waals surface area contributed by atoms with E-state index in [1.165, 1.54) is 23.3 Å². The molecule has 2 heterocycles. The normalized spacial score (nSPS) is 17.8. The molecule has 2 aromatic heterocycles. The van der Waals surface area contributed by atoms with Crippen LogP contribution in [0.15, 0.2) is 29.9 Å². The van der Waals surface area contributed by atoms with Gasteiger partial charge in [0.1, 0.15) is 6.07 Å². The van der Waals surface area contributed by atoms with Crippen molar-refractivity contribution < 1.29 is 0 Å². The second-order valence-electron chi connectivity index (χ2n) is 4.42. The lowest BCUT2D eigenvalue weighted by molar-refractivity contribution is 0.608. The number of aromatic nitrogens is 1. The first-order valence-corrected chi connectivity index (χ1v) is 6.93. The highest BCUT2D eigenvalue weighted by molar-refractivity contribution is 7.10. The Morgan fingerprint density at radius 2 is 2.39 bits per heavy atom. The predicted molar refractivity (Wildman–Crippen MR) is 72.6 cm³/mol. The Hall–Kier alpha value is -1.86. The van der Waals surface area contributed by atoms with Gasteiger partial charge in [-0.25, -0.2) is 0 Å². The molecule has 0 saturated heterocycles. The molecule has 0 saturated carbocycles. The minimum Gasteiger partial charge on any atom is -0.376 e. The van der Waals surface area contributed by atoms with E-state index in [4.69, 9.17) is 5.26 Å². The van der Waals surface area contributed by atoms with Crippen LogP contribution < -0.4 is 5.32 Å². The lowest BCUT2D eigenvalue weighted by Gasteiger charge is -2.24. The van der Waals surface area contributed by atoms with Crippen LogP contribution in [0, 0.1) is 11.3 Å². The van der Waals surface area contributed by atoms with Crippen LogP contribution in [0.1, 0.15) is 34.9 Å². The fourth-order valence-corrected chi connectivity index (χ4v) is 3.42. The number of hydrogen-bond donors (Lipinski definition) is 1. The number of nitrogens with one attached hydrogen (secondary N) is 1. The average molecular weight is 255 g/mol. The van der Waals surface area contributed by atoms with Crippen LogP contribution in [0.2, 0.25) is 0 Å². The second-order valence-corrected chi connectivity index (χ2v) is 5.42. The topological polar surface area (TPSA) is 48.7 Å². The van der Waals surface area contributed by atoms with Gasteiger partial charge in [-0.1, -0.05) is 0 Å². The number of fused-ring (bicyclic) bond motifs is 1. The number of nitriles is 1. The molecule has 2 aromatic rings. The maximum absolute atomic E-state index is 9.09. The monoisotopic (exact) mass is 255 g/mol. The summed E-state index contributed by atoms with van der Waals surface area (Å²) in [6, 6.07) is 6.46. The third-order valence-electron chi connectivity index (χ3n) is 3.32. The Morgan fingerprint density at radius 1 is 1.44 bits per heavy atom. The van der Waals surface area contributed by atoms with Crippen molar-refractivity contribution in [1.29, 1.82) is 5.26 Å². The minimum absolute atomic E-state index is 0.316. The fraction of sp³-hybridized carbons (Fsp3) is 0.286. The lowest BCUT2D eigenvalue weighted by Crippen LogP contribution is -2.16. The summed E-state index contributed by atoms with van der Waals surface area (Å²) in [7, 11) is 0. The summed E-state index contributed by atoms with van der Waals surface area (Å²) in [6.07, 6.45) is 6.89. The molecule has 0 aromatic carbocycles. The molecule has 90 valence electrons. The smallest absolute Gasteiger partial charge is 0.101 e. The van der Waals surface area contributed by atoms with Crippen LogP contribution in [0.3, 0.4) is 0 Å².